The van der Waals surface area contributed by atoms with E-state index in [1.807, 2.05) is 26.0 Å². The molecule has 0 aliphatic carbocycles. The molecule has 0 radical (unpaired) electrons. The standard InChI is InChI=1S/C22H28O6/c1-6-7-10-26-22-19(24-4)11-16(12-20(22)25-5)8-9-17-13-18(27-15(2)3)14-21(23)28-17/h8-9,11-15H,6-7,10H2,1-5H3. The monoisotopic (exact) mass is 388 g/mol. The SMILES string of the molecule is CCCCOc1c(OC)cc(C=Cc2cc(OC(C)C)cc(=O)o2)cc1OC. The molecule has 0 atom stereocenters. The first-order chi connectivity index (χ1) is 13.5. The topological polar surface area (TPSA) is 67.1 Å². The van der Waals surface area contributed by atoms with Crippen LogP contribution >= 0.6 is 0 Å². The van der Waals surface area contributed by atoms with E-state index in [0.717, 1.165) is 18.4 Å². The predicted molar refractivity (Wildman–Crippen MR) is 110 cm³/mol. The largest absolute Gasteiger partial charge is 0.493 e. The number of hydrogen-bond donors (Lipinski definition) is 0. The second kappa shape index (κ2) is 10.4. The van der Waals surface area contributed by atoms with E-state index >= 15 is 0 Å². The van der Waals surface area contributed by atoms with Crippen LogP contribution < -0.4 is 24.6 Å². The first-order valence-electron chi connectivity index (χ1n) is 9.35. The fraction of sp³-hybridized carbons (Fsp3) is 0.409. The molecule has 6 heteroatoms. The van der Waals surface area contributed by atoms with Crippen LogP contribution in [0.3, 0.4) is 0 Å². The molecule has 1 heterocycles. The lowest BCUT2D eigenvalue weighted by atomic mass is 10.1. The van der Waals surface area contributed by atoms with Crippen molar-refractivity contribution in [2.45, 2.75) is 39.7 Å². The van der Waals surface area contributed by atoms with E-state index < -0.39 is 5.63 Å². The minimum atomic E-state index is -0.465. The van der Waals surface area contributed by atoms with Crippen molar-refractivity contribution in [1.82, 2.24) is 0 Å². The fourth-order valence-corrected chi connectivity index (χ4v) is 2.53. The van der Waals surface area contributed by atoms with Gasteiger partial charge in [0.15, 0.2) is 11.5 Å². The maximum Gasteiger partial charge on any atom is 0.339 e. The molecule has 6 nitrogen and oxygen atoms in total. The normalized spacial score (nSPS) is 11.1. The fourth-order valence-electron chi connectivity index (χ4n) is 2.53. The molecule has 0 bridgehead atoms. The lowest BCUT2D eigenvalue weighted by Crippen LogP contribution is -2.08. The van der Waals surface area contributed by atoms with Gasteiger partial charge in [-0.2, -0.15) is 0 Å². The molecular weight excluding hydrogens is 360 g/mol. The number of unbranched alkanes of at least 4 members (excludes halogenated alkanes) is 1. The number of ether oxygens (including phenoxy) is 4. The molecule has 0 aliphatic rings. The third-order valence-electron chi connectivity index (χ3n) is 3.80. The molecule has 28 heavy (non-hydrogen) atoms. The highest BCUT2D eigenvalue weighted by Crippen LogP contribution is 2.39. The summed E-state index contributed by atoms with van der Waals surface area (Å²) in [6.07, 6.45) is 5.45. The summed E-state index contributed by atoms with van der Waals surface area (Å²) < 4.78 is 27.5. The Hall–Kier alpha value is -2.89. The third-order valence-corrected chi connectivity index (χ3v) is 3.80. The molecule has 0 fully saturated rings. The zero-order chi connectivity index (χ0) is 20.5. The van der Waals surface area contributed by atoms with Crippen molar-refractivity contribution in [3.8, 4) is 23.0 Å². The van der Waals surface area contributed by atoms with Gasteiger partial charge in [-0.25, -0.2) is 4.79 Å². The second-order valence-corrected chi connectivity index (χ2v) is 6.47. The van der Waals surface area contributed by atoms with Gasteiger partial charge in [-0.1, -0.05) is 19.4 Å². The van der Waals surface area contributed by atoms with Crippen molar-refractivity contribution < 1.29 is 23.4 Å². The van der Waals surface area contributed by atoms with E-state index in [4.69, 9.17) is 23.4 Å². The van der Waals surface area contributed by atoms with Crippen molar-refractivity contribution in [2.24, 2.45) is 0 Å². The average molecular weight is 388 g/mol. The Morgan fingerprint density at radius 1 is 1.04 bits per heavy atom. The van der Waals surface area contributed by atoms with Crippen LogP contribution in [0, 0.1) is 0 Å². The van der Waals surface area contributed by atoms with E-state index in [1.54, 1.807) is 32.4 Å². The Kier molecular flexibility index (Phi) is 7.99. The molecule has 152 valence electrons. The number of methoxy groups -OCH3 is 2. The number of rotatable bonds is 10. The minimum absolute atomic E-state index is 0.0348. The smallest absolute Gasteiger partial charge is 0.339 e. The lowest BCUT2D eigenvalue weighted by Gasteiger charge is -2.15. The highest BCUT2D eigenvalue weighted by Gasteiger charge is 2.13. The number of benzene rings is 1. The van der Waals surface area contributed by atoms with Crippen LogP contribution in [-0.2, 0) is 0 Å². The first-order valence-corrected chi connectivity index (χ1v) is 9.35. The summed E-state index contributed by atoms with van der Waals surface area (Å²) in [4.78, 5) is 11.7. The van der Waals surface area contributed by atoms with E-state index in [0.29, 0.717) is 35.4 Å². The molecule has 0 aliphatic heterocycles. The summed E-state index contributed by atoms with van der Waals surface area (Å²) >= 11 is 0. The molecule has 0 saturated heterocycles. The van der Waals surface area contributed by atoms with Crippen molar-refractivity contribution in [3.63, 3.8) is 0 Å². The van der Waals surface area contributed by atoms with Crippen LogP contribution in [0.15, 0.2) is 33.5 Å². The van der Waals surface area contributed by atoms with Gasteiger partial charge < -0.3 is 23.4 Å². The summed E-state index contributed by atoms with van der Waals surface area (Å²) in [6.45, 7) is 6.48. The maximum absolute atomic E-state index is 11.7. The summed E-state index contributed by atoms with van der Waals surface area (Å²) in [5, 5.41) is 0. The van der Waals surface area contributed by atoms with E-state index in [1.165, 1.54) is 6.07 Å². The van der Waals surface area contributed by atoms with Gasteiger partial charge in [0.05, 0.1) is 33.0 Å². The molecule has 0 saturated carbocycles. The van der Waals surface area contributed by atoms with Crippen LogP contribution in [0.2, 0.25) is 0 Å². The first kappa shape index (κ1) is 21.4. The minimum Gasteiger partial charge on any atom is -0.493 e. The van der Waals surface area contributed by atoms with E-state index in [2.05, 4.69) is 6.92 Å². The number of hydrogen-bond acceptors (Lipinski definition) is 6. The molecule has 0 N–H and O–H groups in total. The van der Waals surface area contributed by atoms with Gasteiger partial charge >= 0.3 is 5.63 Å². The van der Waals surface area contributed by atoms with Crippen LogP contribution in [0.1, 0.15) is 44.9 Å². The Labute approximate surface area is 165 Å². The Bertz CT molecular complexity index is 825. The van der Waals surface area contributed by atoms with Gasteiger partial charge in [0.25, 0.3) is 0 Å². The lowest BCUT2D eigenvalue weighted by molar-refractivity contribution is 0.239. The van der Waals surface area contributed by atoms with Crippen molar-refractivity contribution in [1.29, 1.82) is 0 Å². The summed E-state index contributed by atoms with van der Waals surface area (Å²) in [5.41, 5.74) is 0.349. The molecule has 0 amide bonds. The molecular formula is C22H28O6. The zero-order valence-electron chi connectivity index (χ0n) is 17.1. The summed E-state index contributed by atoms with van der Waals surface area (Å²) in [5.74, 6) is 2.60. The molecule has 2 rings (SSSR count). The van der Waals surface area contributed by atoms with Gasteiger partial charge in [-0.15, -0.1) is 0 Å². The molecule has 0 unspecified atom stereocenters. The van der Waals surface area contributed by atoms with Crippen LogP contribution in [-0.4, -0.2) is 26.9 Å². The zero-order valence-corrected chi connectivity index (χ0v) is 17.1. The molecule has 1 aromatic carbocycles. The van der Waals surface area contributed by atoms with Crippen LogP contribution in [0.5, 0.6) is 23.0 Å². The summed E-state index contributed by atoms with van der Waals surface area (Å²) in [7, 11) is 3.17. The molecule has 1 aromatic heterocycles. The Morgan fingerprint density at radius 2 is 1.71 bits per heavy atom. The van der Waals surface area contributed by atoms with Crippen LogP contribution in [0.4, 0.5) is 0 Å². The predicted octanol–water partition coefficient (Wildman–Crippen LogP) is 4.79. The van der Waals surface area contributed by atoms with Gasteiger partial charge in [0.2, 0.25) is 5.75 Å². The van der Waals surface area contributed by atoms with Crippen molar-refractivity contribution in [2.75, 3.05) is 20.8 Å². The average Bonchev–Trinajstić information content (AvgIpc) is 2.65. The van der Waals surface area contributed by atoms with Gasteiger partial charge in [-0.05, 0) is 44.0 Å². The molecule has 0 spiro atoms. The van der Waals surface area contributed by atoms with E-state index in [-0.39, 0.29) is 6.10 Å². The van der Waals surface area contributed by atoms with Crippen LogP contribution in [0.25, 0.3) is 12.2 Å². The molecule has 2 aromatic rings. The highest BCUT2D eigenvalue weighted by atomic mass is 16.5. The van der Waals surface area contributed by atoms with Crippen molar-refractivity contribution in [3.05, 3.63) is 46.0 Å². The highest BCUT2D eigenvalue weighted by molar-refractivity contribution is 5.71. The second-order valence-electron chi connectivity index (χ2n) is 6.47. The Balaban J connectivity index is 2.30. The summed E-state index contributed by atoms with van der Waals surface area (Å²) in [6, 6.07) is 6.68. The Morgan fingerprint density at radius 3 is 2.29 bits per heavy atom. The van der Waals surface area contributed by atoms with E-state index in [9.17, 15) is 4.79 Å². The van der Waals surface area contributed by atoms with Gasteiger partial charge in [0, 0.05) is 6.07 Å². The third kappa shape index (κ3) is 6.08. The quantitative estimate of drug-likeness (QED) is 0.545. The van der Waals surface area contributed by atoms with Crippen molar-refractivity contribution >= 4 is 12.2 Å². The van der Waals surface area contributed by atoms with Gasteiger partial charge in [0.1, 0.15) is 11.5 Å². The maximum atomic E-state index is 11.7. The van der Waals surface area contributed by atoms with Gasteiger partial charge in [-0.3, -0.25) is 0 Å².